The zero-order valence-electron chi connectivity index (χ0n) is 18.4. The van der Waals surface area contributed by atoms with Crippen LogP contribution in [0.2, 0.25) is 0 Å². The molecule has 174 valence electrons. The van der Waals surface area contributed by atoms with Crippen molar-refractivity contribution in [2.24, 2.45) is 0 Å². The number of rotatable bonds is 5. The monoisotopic (exact) mass is 462 g/mol. The standard InChI is InChI=1S/C24H22N4O6/c1-32-24(31)17-12-15(27-8-10-33-11-9-27)6-7-18(17)26-20(29)13-28-14-25-21-16-4-2-3-5-19(16)34-22(21)23(28)30/h2-7,12,14H,8-11,13H2,1H3,(H,26,29). The molecule has 10 heteroatoms. The fourth-order valence-electron chi connectivity index (χ4n) is 4.01. The molecule has 1 N–H and O–H groups in total. The zero-order valence-corrected chi connectivity index (χ0v) is 18.4. The molecule has 0 aliphatic carbocycles. The summed E-state index contributed by atoms with van der Waals surface area (Å²) in [5, 5.41) is 3.44. The topological polar surface area (TPSA) is 116 Å². The number of methoxy groups -OCH3 is 1. The number of furan rings is 1. The van der Waals surface area contributed by atoms with Gasteiger partial charge in [0, 0.05) is 24.2 Å². The van der Waals surface area contributed by atoms with E-state index >= 15 is 0 Å². The molecule has 1 amide bonds. The molecule has 1 aliphatic heterocycles. The number of esters is 1. The van der Waals surface area contributed by atoms with Crippen LogP contribution in [0.15, 0.2) is 58.0 Å². The van der Waals surface area contributed by atoms with E-state index in [0.29, 0.717) is 43.1 Å². The van der Waals surface area contributed by atoms with Crippen LogP contribution in [-0.4, -0.2) is 54.8 Å². The highest BCUT2D eigenvalue weighted by Gasteiger charge is 2.20. The lowest BCUT2D eigenvalue weighted by Crippen LogP contribution is -2.36. The Kier molecular flexibility index (Phi) is 5.72. The van der Waals surface area contributed by atoms with E-state index in [1.807, 2.05) is 18.2 Å². The summed E-state index contributed by atoms with van der Waals surface area (Å²) in [7, 11) is 1.28. The summed E-state index contributed by atoms with van der Waals surface area (Å²) in [5.41, 5.74) is 1.96. The molecule has 1 fully saturated rings. The third-order valence-corrected chi connectivity index (χ3v) is 5.72. The normalized spacial score (nSPS) is 13.9. The summed E-state index contributed by atoms with van der Waals surface area (Å²) in [4.78, 5) is 44.5. The van der Waals surface area contributed by atoms with Gasteiger partial charge in [0.2, 0.25) is 11.5 Å². The van der Waals surface area contributed by atoms with Gasteiger partial charge in [0.05, 0.1) is 37.9 Å². The van der Waals surface area contributed by atoms with E-state index < -0.39 is 17.4 Å². The van der Waals surface area contributed by atoms with Crippen molar-refractivity contribution in [2.45, 2.75) is 6.54 Å². The summed E-state index contributed by atoms with van der Waals surface area (Å²) in [6.45, 7) is 2.30. The number of benzene rings is 2. The summed E-state index contributed by atoms with van der Waals surface area (Å²) >= 11 is 0. The summed E-state index contributed by atoms with van der Waals surface area (Å²) in [6, 6.07) is 12.4. The van der Waals surface area contributed by atoms with Crippen LogP contribution in [-0.2, 0) is 20.8 Å². The van der Waals surface area contributed by atoms with E-state index in [4.69, 9.17) is 13.9 Å². The number of hydrogen-bond acceptors (Lipinski definition) is 8. The van der Waals surface area contributed by atoms with Crippen molar-refractivity contribution >= 4 is 45.3 Å². The first-order chi connectivity index (χ1) is 16.5. The Hall–Kier alpha value is -4.18. The van der Waals surface area contributed by atoms with Crippen molar-refractivity contribution in [2.75, 3.05) is 43.6 Å². The Balaban J connectivity index is 1.40. The highest BCUT2D eigenvalue weighted by atomic mass is 16.5. The van der Waals surface area contributed by atoms with E-state index in [9.17, 15) is 14.4 Å². The quantitative estimate of drug-likeness (QED) is 0.450. The van der Waals surface area contributed by atoms with Crippen LogP contribution in [0, 0.1) is 0 Å². The molecule has 34 heavy (non-hydrogen) atoms. The third-order valence-electron chi connectivity index (χ3n) is 5.72. The molecular weight excluding hydrogens is 440 g/mol. The maximum Gasteiger partial charge on any atom is 0.340 e. The third kappa shape index (κ3) is 3.99. The average molecular weight is 462 g/mol. The van der Waals surface area contributed by atoms with Crippen molar-refractivity contribution in [1.82, 2.24) is 9.55 Å². The number of fused-ring (bicyclic) bond motifs is 3. The maximum absolute atomic E-state index is 12.9. The summed E-state index contributed by atoms with van der Waals surface area (Å²) in [5.74, 6) is -1.07. The number of hydrogen-bond donors (Lipinski definition) is 1. The maximum atomic E-state index is 12.9. The van der Waals surface area contributed by atoms with Crippen LogP contribution >= 0.6 is 0 Å². The average Bonchev–Trinajstić information content (AvgIpc) is 3.25. The van der Waals surface area contributed by atoms with Crippen LogP contribution in [0.5, 0.6) is 0 Å². The molecule has 10 nitrogen and oxygen atoms in total. The fourth-order valence-corrected chi connectivity index (χ4v) is 4.01. The molecule has 4 aromatic rings. The van der Waals surface area contributed by atoms with Crippen molar-refractivity contribution < 1.29 is 23.5 Å². The molecule has 1 saturated heterocycles. The van der Waals surface area contributed by atoms with Gasteiger partial charge < -0.3 is 24.1 Å². The number of nitrogens with zero attached hydrogens (tertiary/aromatic N) is 3. The van der Waals surface area contributed by atoms with Gasteiger partial charge in [0.1, 0.15) is 17.6 Å². The van der Waals surface area contributed by atoms with Gasteiger partial charge in [-0.15, -0.1) is 0 Å². The Morgan fingerprint density at radius 1 is 1.15 bits per heavy atom. The molecule has 1 aliphatic rings. The van der Waals surface area contributed by atoms with Gasteiger partial charge in [0.25, 0.3) is 5.56 Å². The predicted molar refractivity (Wildman–Crippen MR) is 125 cm³/mol. The molecular formula is C24H22N4O6. The summed E-state index contributed by atoms with van der Waals surface area (Å²) < 4.78 is 17.1. The van der Waals surface area contributed by atoms with Gasteiger partial charge >= 0.3 is 5.97 Å². The minimum absolute atomic E-state index is 0.0848. The van der Waals surface area contributed by atoms with Crippen LogP contribution in [0.4, 0.5) is 11.4 Å². The second kappa shape index (κ2) is 8.99. The molecule has 0 atom stereocenters. The number of nitrogens with one attached hydrogen (secondary N) is 1. The Bertz CT molecular complexity index is 1450. The molecule has 3 heterocycles. The summed E-state index contributed by atoms with van der Waals surface area (Å²) in [6.07, 6.45) is 1.31. The smallest absolute Gasteiger partial charge is 0.340 e. The number of aromatic nitrogens is 2. The zero-order chi connectivity index (χ0) is 23.7. The Morgan fingerprint density at radius 2 is 1.94 bits per heavy atom. The van der Waals surface area contributed by atoms with E-state index in [1.165, 1.54) is 18.0 Å². The van der Waals surface area contributed by atoms with Crippen molar-refractivity contribution in [3.8, 4) is 0 Å². The highest BCUT2D eigenvalue weighted by molar-refractivity contribution is 6.03. The number of para-hydroxylation sites is 1. The second-order valence-electron chi connectivity index (χ2n) is 7.82. The van der Waals surface area contributed by atoms with Gasteiger partial charge in [-0.3, -0.25) is 14.2 Å². The van der Waals surface area contributed by atoms with Crippen LogP contribution < -0.4 is 15.8 Å². The lowest BCUT2D eigenvalue weighted by atomic mass is 10.1. The number of ether oxygens (including phenoxy) is 2. The fraction of sp³-hybridized carbons (Fsp3) is 0.250. The SMILES string of the molecule is COC(=O)c1cc(N2CCOCC2)ccc1NC(=O)Cn1cnc2c(oc3ccccc32)c1=O. The molecule has 2 aromatic heterocycles. The molecule has 0 unspecified atom stereocenters. The Morgan fingerprint density at radius 3 is 2.74 bits per heavy atom. The first kappa shape index (κ1) is 21.7. The number of morpholine rings is 1. The molecule has 0 radical (unpaired) electrons. The Labute approximate surface area is 193 Å². The molecule has 0 saturated carbocycles. The van der Waals surface area contributed by atoms with Crippen LogP contribution in [0.1, 0.15) is 10.4 Å². The van der Waals surface area contributed by atoms with Crippen LogP contribution in [0.25, 0.3) is 22.1 Å². The van der Waals surface area contributed by atoms with Crippen LogP contribution in [0.3, 0.4) is 0 Å². The van der Waals surface area contributed by atoms with E-state index in [1.54, 1.807) is 24.3 Å². The lowest BCUT2D eigenvalue weighted by Gasteiger charge is -2.29. The highest BCUT2D eigenvalue weighted by Crippen LogP contribution is 2.26. The van der Waals surface area contributed by atoms with Gasteiger partial charge in [-0.1, -0.05) is 12.1 Å². The van der Waals surface area contributed by atoms with Crippen molar-refractivity contribution in [1.29, 1.82) is 0 Å². The van der Waals surface area contributed by atoms with E-state index in [-0.39, 0.29) is 17.7 Å². The van der Waals surface area contributed by atoms with Gasteiger partial charge in [0.15, 0.2) is 0 Å². The molecule has 5 rings (SSSR count). The lowest BCUT2D eigenvalue weighted by molar-refractivity contribution is -0.116. The predicted octanol–water partition coefficient (Wildman–Crippen LogP) is 2.40. The minimum atomic E-state index is -0.576. The number of anilines is 2. The van der Waals surface area contributed by atoms with Crippen molar-refractivity contribution in [3.63, 3.8) is 0 Å². The number of amides is 1. The molecule has 0 spiro atoms. The van der Waals surface area contributed by atoms with Crippen molar-refractivity contribution in [3.05, 3.63) is 64.7 Å². The van der Waals surface area contributed by atoms with E-state index in [0.717, 1.165) is 11.1 Å². The van der Waals surface area contributed by atoms with Gasteiger partial charge in [-0.2, -0.15) is 0 Å². The minimum Gasteiger partial charge on any atom is -0.465 e. The first-order valence-electron chi connectivity index (χ1n) is 10.8. The molecule has 0 bridgehead atoms. The second-order valence-corrected chi connectivity index (χ2v) is 7.82. The van der Waals surface area contributed by atoms with E-state index in [2.05, 4.69) is 15.2 Å². The van der Waals surface area contributed by atoms with Gasteiger partial charge in [-0.25, -0.2) is 9.78 Å². The number of carbonyl (C=O) groups is 2. The number of carbonyl (C=O) groups excluding carboxylic acids is 2. The first-order valence-corrected chi connectivity index (χ1v) is 10.8. The largest absolute Gasteiger partial charge is 0.465 e. The molecule has 2 aromatic carbocycles. The van der Waals surface area contributed by atoms with Gasteiger partial charge in [-0.05, 0) is 30.3 Å².